The smallest absolute Gasteiger partial charge is 0.224 e. The standard InChI is InChI=1S/C42H44N4O5S/c43-36-10-1-2-11-37(36)46-40(49)13-4-3-12-39(48)45-26-30-8-7-9-34(24-30)31-19-21-33(22-20-31)42-50-35(28-52-41-14-5-6-23-44-41)25-38(51-42)32-17-15-29(27-47)16-18-32/h1-2,5-11,14-24,35,38,42,47H,3-4,12-13,25-28,43H2,(H,45,48)(H,46,49). The topological polar surface area (TPSA) is 136 Å². The van der Waals surface area contributed by atoms with Gasteiger partial charge < -0.3 is 30.9 Å². The maximum atomic E-state index is 12.6. The number of thioether (sulfide) groups is 1. The van der Waals surface area contributed by atoms with Crippen molar-refractivity contribution >= 4 is 35.0 Å². The van der Waals surface area contributed by atoms with Crippen LogP contribution in [0.1, 0.15) is 66.8 Å². The van der Waals surface area contributed by atoms with Crippen LogP contribution >= 0.6 is 11.8 Å². The van der Waals surface area contributed by atoms with Crippen LogP contribution in [0.25, 0.3) is 11.1 Å². The van der Waals surface area contributed by atoms with E-state index in [-0.39, 0.29) is 30.6 Å². The molecule has 1 saturated heterocycles. The number of carbonyl (C=O) groups is 2. The van der Waals surface area contributed by atoms with Gasteiger partial charge in [-0.05, 0) is 71.0 Å². The van der Waals surface area contributed by atoms with E-state index in [9.17, 15) is 14.7 Å². The first-order chi connectivity index (χ1) is 25.4. The van der Waals surface area contributed by atoms with Gasteiger partial charge in [0.25, 0.3) is 0 Å². The number of hydrogen-bond acceptors (Lipinski definition) is 8. The van der Waals surface area contributed by atoms with E-state index in [1.807, 2.05) is 78.9 Å². The zero-order valence-corrected chi connectivity index (χ0v) is 29.8. The Kier molecular flexibility index (Phi) is 13.1. The van der Waals surface area contributed by atoms with Crippen LogP contribution in [0, 0.1) is 0 Å². The highest BCUT2D eigenvalue weighted by Gasteiger charge is 2.32. The van der Waals surface area contributed by atoms with E-state index in [0.29, 0.717) is 50.0 Å². The lowest BCUT2D eigenvalue weighted by Gasteiger charge is -2.36. The number of aromatic nitrogens is 1. The Bertz CT molecular complexity index is 1910. The summed E-state index contributed by atoms with van der Waals surface area (Å²) in [6.07, 6.45) is 3.65. The molecule has 5 N–H and O–H groups in total. The van der Waals surface area contributed by atoms with Gasteiger partial charge in [0.05, 0.1) is 35.2 Å². The number of nitrogens with one attached hydrogen (secondary N) is 2. The largest absolute Gasteiger partial charge is 0.397 e. The van der Waals surface area contributed by atoms with E-state index in [0.717, 1.165) is 44.2 Å². The van der Waals surface area contributed by atoms with Crippen molar-refractivity contribution in [1.29, 1.82) is 0 Å². The molecule has 6 rings (SSSR count). The van der Waals surface area contributed by atoms with Crippen molar-refractivity contribution in [2.45, 2.75) is 68.8 Å². The Morgan fingerprint density at radius 3 is 2.29 bits per heavy atom. The van der Waals surface area contributed by atoms with Crippen LogP contribution in [0.4, 0.5) is 11.4 Å². The summed E-state index contributed by atoms with van der Waals surface area (Å²) >= 11 is 1.67. The van der Waals surface area contributed by atoms with Crippen LogP contribution in [-0.2, 0) is 32.2 Å². The van der Waals surface area contributed by atoms with Gasteiger partial charge in [-0.1, -0.05) is 84.9 Å². The molecular formula is C42H44N4O5S. The lowest BCUT2D eigenvalue weighted by atomic mass is 9.99. The Labute approximate surface area is 309 Å². The Morgan fingerprint density at radius 2 is 1.54 bits per heavy atom. The molecular weight excluding hydrogens is 673 g/mol. The average Bonchev–Trinajstić information content (AvgIpc) is 3.19. The SMILES string of the molecule is Nc1ccccc1NC(=O)CCCCC(=O)NCc1cccc(-c2ccc(C3OC(CSc4ccccn4)CC(c4ccc(CO)cc4)O3)cc2)c1. The number of rotatable bonds is 15. The number of hydrogen-bond donors (Lipinski definition) is 4. The zero-order valence-electron chi connectivity index (χ0n) is 28.9. The molecule has 268 valence electrons. The number of carbonyl (C=O) groups excluding carboxylic acids is 2. The highest BCUT2D eigenvalue weighted by molar-refractivity contribution is 7.99. The number of nitrogen functional groups attached to an aromatic ring is 1. The number of ether oxygens (including phenoxy) is 2. The molecule has 1 aliphatic rings. The number of nitrogens with two attached hydrogens (primary N) is 1. The van der Waals surface area contributed by atoms with Crippen LogP contribution in [0.2, 0.25) is 0 Å². The minimum atomic E-state index is -0.543. The highest BCUT2D eigenvalue weighted by atomic mass is 32.2. The van der Waals surface area contributed by atoms with E-state index in [1.54, 1.807) is 30.1 Å². The zero-order chi connectivity index (χ0) is 36.1. The lowest BCUT2D eigenvalue weighted by molar-refractivity contribution is -0.245. The Morgan fingerprint density at radius 1 is 0.788 bits per heavy atom. The maximum absolute atomic E-state index is 12.6. The number of unbranched alkanes of at least 4 members (excludes halogenated alkanes) is 1. The van der Waals surface area contributed by atoms with Gasteiger partial charge >= 0.3 is 0 Å². The Hall–Kier alpha value is -5.00. The molecule has 1 aliphatic heterocycles. The predicted octanol–water partition coefficient (Wildman–Crippen LogP) is 7.98. The van der Waals surface area contributed by atoms with Crippen LogP contribution in [-0.4, -0.2) is 33.8 Å². The van der Waals surface area contributed by atoms with Crippen molar-refractivity contribution in [2.24, 2.45) is 0 Å². The second-order valence-electron chi connectivity index (χ2n) is 12.8. The minimum Gasteiger partial charge on any atom is -0.397 e. The van der Waals surface area contributed by atoms with E-state index >= 15 is 0 Å². The third-order valence-electron chi connectivity index (χ3n) is 8.90. The maximum Gasteiger partial charge on any atom is 0.224 e. The molecule has 0 radical (unpaired) electrons. The molecule has 10 heteroatoms. The summed E-state index contributed by atoms with van der Waals surface area (Å²) in [4.78, 5) is 29.2. The molecule has 2 heterocycles. The molecule has 4 aromatic carbocycles. The van der Waals surface area contributed by atoms with E-state index < -0.39 is 6.29 Å². The van der Waals surface area contributed by atoms with E-state index in [1.165, 1.54) is 0 Å². The number of benzene rings is 4. The normalized spacial score (nSPS) is 17.0. The summed E-state index contributed by atoms with van der Waals surface area (Å²) in [5.74, 6) is 0.580. The summed E-state index contributed by atoms with van der Waals surface area (Å²) in [6, 6.07) is 37.3. The van der Waals surface area contributed by atoms with Gasteiger partial charge in [-0.3, -0.25) is 9.59 Å². The fraction of sp³-hybridized carbons (Fsp3) is 0.262. The van der Waals surface area contributed by atoms with Gasteiger partial charge in [-0.2, -0.15) is 0 Å². The first kappa shape index (κ1) is 36.8. The number of pyridine rings is 1. The molecule has 5 aromatic rings. The van der Waals surface area contributed by atoms with Gasteiger partial charge in [0.1, 0.15) is 0 Å². The Balaban J connectivity index is 1.02. The lowest BCUT2D eigenvalue weighted by Crippen LogP contribution is -2.31. The third kappa shape index (κ3) is 10.5. The van der Waals surface area contributed by atoms with E-state index in [4.69, 9.17) is 15.2 Å². The number of aliphatic hydroxyl groups is 1. The first-order valence-corrected chi connectivity index (χ1v) is 18.6. The van der Waals surface area contributed by atoms with Crippen molar-refractivity contribution < 1.29 is 24.2 Å². The van der Waals surface area contributed by atoms with Crippen molar-refractivity contribution in [1.82, 2.24) is 10.3 Å². The van der Waals surface area contributed by atoms with Crippen molar-refractivity contribution in [3.8, 4) is 11.1 Å². The predicted molar refractivity (Wildman–Crippen MR) is 205 cm³/mol. The van der Waals surface area contributed by atoms with Gasteiger partial charge in [-0.15, -0.1) is 11.8 Å². The molecule has 0 bridgehead atoms. The molecule has 0 saturated carbocycles. The molecule has 52 heavy (non-hydrogen) atoms. The van der Waals surface area contributed by atoms with Gasteiger partial charge in [-0.25, -0.2) is 4.98 Å². The van der Waals surface area contributed by atoms with Crippen LogP contribution in [0.3, 0.4) is 0 Å². The fourth-order valence-corrected chi connectivity index (χ4v) is 6.89. The second-order valence-corrected chi connectivity index (χ2v) is 13.8. The molecule has 1 fully saturated rings. The van der Waals surface area contributed by atoms with Crippen molar-refractivity contribution in [3.05, 3.63) is 144 Å². The number of amides is 2. The molecule has 3 atom stereocenters. The number of para-hydroxylation sites is 2. The minimum absolute atomic E-state index is 0.000333. The number of nitrogens with zero attached hydrogens (tertiary/aromatic N) is 1. The molecule has 0 aliphatic carbocycles. The van der Waals surface area contributed by atoms with Crippen LogP contribution in [0.15, 0.2) is 126 Å². The summed E-state index contributed by atoms with van der Waals surface area (Å²) in [6.45, 7) is 0.418. The van der Waals surface area contributed by atoms with Crippen LogP contribution < -0.4 is 16.4 Å². The van der Waals surface area contributed by atoms with Gasteiger partial charge in [0, 0.05) is 43.3 Å². The van der Waals surface area contributed by atoms with Crippen molar-refractivity contribution in [2.75, 3.05) is 16.8 Å². The van der Waals surface area contributed by atoms with Crippen LogP contribution in [0.5, 0.6) is 0 Å². The highest BCUT2D eigenvalue weighted by Crippen LogP contribution is 2.39. The summed E-state index contributed by atoms with van der Waals surface area (Å²) in [7, 11) is 0. The molecule has 0 spiro atoms. The second kappa shape index (κ2) is 18.5. The van der Waals surface area contributed by atoms with E-state index in [2.05, 4.69) is 39.9 Å². The van der Waals surface area contributed by atoms with Gasteiger partial charge in [0.15, 0.2) is 6.29 Å². The average molecular weight is 717 g/mol. The molecule has 2 amide bonds. The number of aliphatic hydroxyl groups excluding tert-OH is 1. The third-order valence-corrected chi connectivity index (χ3v) is 9.97. The molecule has 1 aromatic heterocycles. The van der Waals surface area contributed by atoms with Gasteiger partial charge in [0.2, 0.25) is 11.8 Å². The summed E-state index contributed by atoms with van der Waals surface area (Å²) in [5, 5.41) is 16.3. The number of anilines is 2. The molecule has 3 unspecified atom stereocenters. The quantitative estimate of drug-likeness (QED) is 0.0487. The summed E-state index contributed by atoms with van der Waals surface area (Å²) in [5.41, 5.74) is 12.9. The first-order valence-electron chi connectivity index (χ1n) is 17.6. The summed E-state index contributed by atoms with van der Waals surface area (Å²) < 4.78 is 13.0. The fourth-order valence-electron chi connectivity index (χ4n) is 6.01. The monoisotopic (exact) mass is 716 g/mol. The van der Waals surface area contributed by atoms with Crippen molar-refractivity contribution in [3.63, 3.8) is 0 Å². The molecule has 9 nitrogen and oxygen atoms in total.